The Morgan fingerprint density at radius 3 is 2.39 bits per heavy atom. The van der Waals surface area contributed by atoms with Gasteiger partial charge in [-0.3, -0.25) is 10.1 Å². The Morgan fingerprint density at radius 2 is 1.94 bits per heavy atom. The molecule has 0 unspecified atom stereocenters. The van der Waals surface area contributed by atoms with Gasteiger partial charge in [-0.25, -0.2) is 13.1 Å². The van der Waals surface area contributed by atoms with Crippen molar-refractivity contribution >= 4 is 21.4 Å². The van der Waals surface area contributed by atoms with Gasteiger partial charge in [-0.2, -0.15) is 0 Å². The first kappa shape index (κ1) is 14.4. The van der Waals surface area contributed by atoms with Crippen molar-refractivity contribution in [3.05, 3.63) is 28.3 Å². The molecule has 0 heterocycles. The second-order valence-electron chi connectivity index (χ2n) is 3.96. The highest BCUT2D eigenvalue weighted by Gasteiger charge is 2.21. The molecule has 100 valence electrons. The van der Waals surface area contributed by atoms with Crippen LogP contribution >= 0.6 is 0 Å². The number of sulfonamides is 1. The topological polar surface area (TPSA) is 101 Å². The molecule has 0 aliphatic carbocycles. The monoisotopic (exact) mass is 273 g/mol. The molecule has 0 fully saturated rings. The number of benzene rings is 1. The van der Waals surface area contributed by atoms with E-state index in [1.807, 2.05) is 0 Å². The van der Waals surface area contributed by atoms with Crippen LogP contribution < -0.4 is 10.0 Å². The van der Waals surface area contributed by atoms with E-state index in [2.05, 4.69) is 10.0 Å². The smallest absolute Gasteiger partial charge is 0.293 e. The molecule has 0 bridgehead atoms. The highest BCUT2D eigenvalue weighted by atomic mass is 32.2. The largest absolute Gasteiger partial charge is 0.383 e. The summed E-state index contributed by atoms with van der Waals surface area (Å²) >= 11 is 0. The average molecular weight is 273 g/mol. The lowest BCUT2D eigenvalue weighted by Gasteiger charge is -2.10. The molecule has 0 atom stereocenters. The van der Waals surface area contributed by atoms with E-state index in [0.717, 1.165) is 6.07 Å². The lowest BCUT2D eigenvalue weighted by atomic mass is 10.3. The fourth-order valence-corrected chi connectivity index (χ4v) is 2.69. The van der Waals surface area contributed by atoms with Gasteiger partial charge in [-0.15, -0.1) is 0 Å². The third-order valence-corrected chi connectivity index (χ3v) is 3.79. The quantitative estimate of drug-likeness (QED) is 0.622. The van der Waals surface area contributed by atoms with Gasteiger partial charge in [0.1, 0.15) is 5.69 Å². The van der Waals surface area contributed by atoms with Gasteiger partial charge < -0.3 is 5.32 Å². The van der Waals surface area contributed by atoms with Crippen molar-refractivity contribution in [1.29, 1.82) is 0 Å². The van der Waals surface area contributed by atoms with Gasteiger partial charge >= 0.3 is 0 Å². The summed E-state index contributed by atoms with van der Waals surface area (Å²) in [5.41, 5.74) is -0.00683. The fraction of sp³-hybridized carbons (Fsp3) is 0.400. The number of nitrogens with one attached hydrogen (secondary N) is 2. The van der Waals surface area contributed by atoms with Crippen LogP contribution in [-0.4, -0.2) is 26.4 Å². The van der Waals surface area contributed by atoms with Gasteiger partial charge in [0.2, 0.25) is 10.0 Å². The lowest BCUT2D eigenvalue weighted by Crippen LogP contribution is -2.30. The third-order valence-electron chi connectivity index (χ3n) is 2.14. The normalized spacial score (nSPS) is 11.6. The Balaban J connectivity index is 3.28. The molecule has 0 amide bonds. The van der Waals surface area contributed by atoms with Crippen LogP contribution in [0.2, 0.25) is 0 Å². The second-order valence-corrected chi connectivity index (χ2v) is 5.68. The molecule has 0 saturated heterocycles. The van der Waals surface area contributed by atoms with E-state index in [9.17, 15) is 18.5 Å². The molecule has 0 saturated carbocycles. The summed E-state index contributed by atoms with van der Waals surface area (Å²) in [6.45, 7) is 3.35. The Kier molecular flexibility index (Phi) is 4.25. The maximum atomic E-state index is 11.9. The molecular weight excluding hydrogens is 258 g/mol. The number of hydrogen-bond acceptors (Lipinski definition) is 5. The Morgan fingerprint density at radius 1 is 1.33 bits per heavy atom. The van der Waals surface area contributed by atoms with Crippen molar-refractivity contribution < 1.29 is 13.3 Å². The highest BCUT2D eigenvalue weighted by Crippen LogP contribution is 2.27. The maximum Gasteiger partial charge on any atom is 0.293 e. The molecule has 2 N–H and O–H groups in total. The van der Waals surface area contributed by atoms with Gasteiger partial charge in [-0.1, -0.05) is 0 Å². The Labute approximate surface area is 105 Å². The van der Waals surface area contributed by atoms with Crippen LogP contribution in [0.4, 0.5) is 11.4 Å². The summed E-state index contributed by atoms with van der Waals surface area (Å²) < 4.78 is 26.1. The van der Waals surface area contributed by atoms with Crippen LogP contribution in [0.3, 0.4) is 0 Å². The predicted molar refractivity (Wildman–Crippen MR) is 68.1 cm³/mol. The summed E-state index contributed by atoms with van der Waals surface area (Å²) in [6, 6.07) is 3.45. The molecule has 1 aromatic rings. The standard InChI is InChI=1S/C10H15N3O4S/c1-7(2)12-18(16,17)8-4-5-9(11-3)10(6-8)13(14)15/h4-7,11-12H,1-3H3. The summed E-state index contributed by atoms with van der Waals surface area (Å²) in [7, 11) is -2.19. The minimum Gasteiger partial charge on any atom is -0.383 e. The summed E-state index contributed by atoms with van der Waals surface area (Å²) in [6.07, 6.45) is 0. The van der Waals surface area contributed by atoms with Crippen LogP contribution in [-0.2, 0) is 10.0 Å². The number of rotatable bonds is 5. The molecule has 0 aliphatic rings. The van der Waals surface area contributed by atoms with Crippen molar-refractivity contribution in [3.8, 4) is 0 Å². The zero-order valence-corrected chi connectivity index (χ0v) is 11.1. The van der Waals surface area contributed by atoms with Crippen molar-refractivity contribution in [2.24, 2.45) is 0 Å². The minimum absolute atomic E-state index is 0.123. The van der Waals surface area contributed by atoms with Gasteiger partial charge in [0.05, 0.1) is 9.82 Å². The van der Waals surface area contributed by atoms with Crippen LogP contribution in [0.15, 0.2) is 23.1 Å². The first-order valence-corrected chi connectivity index (χ1v) is 6.74. The predicted octanol–water partition coefficient (Wildman–Crippen LogP) is 1.32. The van der Waals surface area contributed by atoms with E-state index in [1.165, 1.54) is 19.2 Å². The Hall–Kier alpha value is -1.67. The van der Waals surface area contributed by atoms with Crippen LogP contribution in [0.25, 0.3) is 0 Å². The fourth-order valence-electron chi connectivity index (χ4n) is 1.42. The van der Waals surface area contributed by atoms with Crippen LogP contribution in [0, 0.1) is 10.1 Å². The summed E-state index contributed by atoms with van der Waals surface area (Å²) in [5, 5.41) is 13.5. The number of nitro benzene ring substituents is 1. The molecule has 18 heavy (non-hydrogen) atoms. The molecule has 8 heteroatoms. The number of nitrogens with zero attached hydrogens (tertiary/aromatic N) is 1. The van der Waals surface area contributed by atoms with Crippen molar-refractivity contribution in [3.63, 3.8) is 0 Å². The van der Waals surface area contributed by atoms with E-state index in [1.54, 1.807) is 13.8 Å². The molecule has 1 aromatic carbocycles. The van der Waals surface area contributed by atoms with E-state index in [4.69, 9.17) is 0 Å². The molecule has 1 rings (SSSR count). The second kappa shape index (κ2) is 5.32. The zero-order valence-electron chi connectivity index (χ0n) is 10.3. The van der Waals surface area contributed by atoms with E-state index in [-0.39, 0.29) is 22.3 Å². The van der Waals surface area contributed by atoms with Crippen molar-refractivity contribution in [2.45, 2.75) is 24.8 Å². The molecule has 7 nitrogen and oxygen atoms in total. The first-order chi connectivity index (χ1) is 8.27. The first-order valence-electron chi connectivity index (χ1n) is 5.26. The Bertz CT molecular complexity index is 554. The molecule has 0 spiro atoms. The van der Waals surface area contributed by atoms with E-state index < -0.39 is 14.9 Å². The average Bonchev–Trinajstić information content (AvgIpc) is 2.26. The van der Waals surface area contributed by atoms with Crippen LogP contribution in [0.1, 0.15) is 13.8 Å². The van der Waals surface area contributed by atoms with Crippen molar-refractivity contribution in [1.82, 2.24) is 4.72 Å². The molecule has 0 aromatic heterocycles. The third kappa shape index (κ3) is 3.17. The SMILES string of the molecule is CNc1ccc(S(=O)(=O)NC(C)C)cc1[N+](=O)[O-]. The number of hydrogen-bond donors (Lipinski definition) is 2. The maximum absolute atomic E-state index is 11.9. The number of anilines is 1. The van der Waals surface area contributed by atoms with Gasteiger partial charge in [0, 0.05) is 19.2 Å². The van der Waals surface area contributed by atoms with E-state index in [0.29, 0.717) is 0 Å². The minimum atomic E-state index is -3.72. The van der Waals surface area contributed by atoms with Gasteiger partial charge in [0.25, 0.3) is 5.69 Å². The molecular formula is C10H15N3O4S. The van der Waals surface area contributed by atoms with Gasteiger partial charge in [-0.05, 0) is 26.0 Å². The lowest BCUT2D eigenvalue weighted by molar-refractivity contribution is -0.384. The number of nitro groups is 1. The molecule has 0 aliphatic heterocycles. The van der Waals surface area contributed by atoms with Crippen molar-refractivity contribution in [2.75, 3.05) is 12.4 Å². The zero-order chi connectivity index (χ0) is 13.9. The summed E-state index contributed by atoms with van der Waals surface area (Å²) in [4.78, 5) is 10.1. The molecule has 0 radical (unpaired) electrons. The van der Waals surface area contributed by atoms with Gasteiger partial charge in [0.15, 0.2) is 0 Å². The van der Waals surface area contributed by atoms with E-state index >= 15 is 0 Å². The highest BCUT2D eigenvalue weighted by molar-refractivity contribution is 7.89. The summed E-state index contributed by atoms with van der Waals surface area (Å²) in [5.74, 6) is 0. The van der Waals surface area contributed by atoms with Crippen LogP contribution in [0.5, 0.6) is 0 Å².